The molecule has 0 aliphatic carbocycles. The summed E-state index contributed by atoms with van der Waals surface area (Å²) in [6.45, 7) is 0. The molecule has 2 aromatic carbocycles. The summed E-state index contributed by atoms with van der Waals surface area (Å²) in [4.78, 5) is 11.1. The zero-order valence-corrected chi connectivity index (χ0v) is 11.7. The van der Waals surface area contributed by atoms with Gasteiger partial charge in [0.1, 0.15) is 0 Å². The van der Waals surface area contributed by atoms with Gasteiger partial charge in [-0.1, -0.05) is 24.3 Å². The Balaban J connectivity index is 1.87. The highest BCUT2D eigenvalue weighted by atomic mass is 19.4. The van der Waals surface area contributed by atoms with Gasteiger partial charge in [0.15, 0.2) is 6.29 Å². The lowest BCUT2D eigenvalue weighted by Gasteiger charge is -2.28. The third-order valence-electron chi connectivity index (χ3n) is 3.97. The normalized spacial score (nSPS) is 17.5. The highest BCUT2D eigenvalue weighted by Gasteiger charge is 2.30. The van der Waals surface area contributed by atoms with Gasteiger partial charge in [-0.2, -0.15) is 13.2 Å². The maximum atomic E-state index is 12.6. The molecule has 1 N–H and O–H groups in total. The number of carbonyl (C=O) groups is 1. The summed E-state index contributed by atoms with van der Waals surface area (Å²) >= 11 is 0. The number of para-hydroxylation sites is 1. The Hall–Kier alpha value is -2.30. The number of alkyl halides is 3. The van der Waals surface area contributed by atoms with Crippen molar-refractivity contribution in [2.45, 2.75) is 25.1 Å². The number of aldehydes is 1. The minimum absolute atomic E-state index is 0.0871. The van der Waals surface area contributed by atoms with E-state index in [2.05, 4.69) is 5.32 Å². The van der Waals surface area contributed by atoms with E-state index < -0.39 is 11.7 Å². The van der Waals surface area contributed by atoms with Gasteiger partial charge in [-0.15, -0.1) is 0 Å². The van der Waals surface area contributed by atoms with Crippen LogP contribution >= 0.6 is 0 Å². The van der Waals surface area contributed by atoms with Gasteiger partial charge in [0.25, 0.3) is 0 Å². The van der Waals surface area contributed by atoms with Gasteiger partial charge in [0.2, 0.25) is 0 Å². The molecule has 1 heterocycles. The van der Waals surface area contributed by atoms with E-state index in [1.165, 1.54) is 12.1 Å². The highest BCUT2D eigenvalue weighted by molar-refractivity contribution is 5.86. The van der Waals surface area contributed by atoms with Crippen molar-refractivity contribution < 1.29 is 18.0 Å². The van der Waals surface area contributed by atoms with Gasteiger partial charge in [0, 0.05) is 11.3 Å². The van der Waals surface area contributed by atoms with Gasteiger partial charge in [0.05, 0.1) is 11.6 Å². The molecule has 1 unspecified atom stereocenters. The number of halogens is 3. The van der Waals surface area contributed by atoms with E-state index in [0.29, 0.717) is 5.56 Å². The predicted octanol–water partition coefficient (Wildman–Crippen LogP) is 4.62. The lowest BCUT2D eigenvalue weighted by molar-refractivity contribution is -0.137. The van der Waals surface area contributed by atoms with Gasteiger partial charge in [-0.25, -0.2) is 0 Å². The minimum atomic E-state index is -4.32. The summed E-state index contributed by atoms with van der Waals surface area (Å²) < 4.78 is 37.8. The molecule has 0 radical (unpaired) electrons. The maximum absolute atomic E-state index is 12.6. The largest absolute Gasteiger partial charge is 0.416 e. The number of benzene rings is 2. The molecule has 1 aliphatic heterocycles. The van der Waals surface area contributed by atoms with Crippen LogP contribution in [-0.2, 0) is 12.6 Å². The first-order chi connectivity index (χ1) is 10.5. The van der Waals surface area contributed by atoms with E-state index in [-0.39, 0.29) is 6.04 Å². The number of fused-ring (bicyclic) bond motifs is 1. The fourth-order valence-electron chi connectivity index (χ4n) is 2.80. The second-order valence-corrected chi connectivity index (χ2v) is 5.35. The molecule has 0 bridgehead atoms. The Morgan fingerprint density at radius 3 is 2.45 bits per heavy atom. The van der Waals surface area contributed by atoms with Crippen molar-refractivity contribution >= 4 is 12.0 Å². The molecule has 2 nitrogen and oxygen atoms in total. The van der Waals surface area contributed by atoms with E-state index in [1.54, 1.807) is 6.07 Å². The van der Waals surface area contributed by atoms with Crippen LogP contribution in [0.3, 0.4) is 0 Å². The molecule has 1 aliphatic rings. The smallest absolute Gasteiger partial charge is 0.377 e. The Bertz CT molecular complexity index is 692. The second-order valence-electron chi connectivity index (χ2n) is 5.35. The monoisotopic (exact) mass is 305 g/mol. The molecule has 1 atom stereocenters. The Morgan fingerprint density at radius 1 is 1.09 bits per heavy atom. The number of aryl methyl sites for hydroxylation is 1. The van der Waals surface area contributed by atoms with E-state index >= 15 is 0 Å². The summed E-state index contributed by atoms with van der Waals surface area (Å²) in [5.74, 6) is 0. The van der Waals surface area contributed by atoms with Crippen LogP contribution in [0.15, 0.2) is 42.5 Å². The number of nitrogens with one attached hydrogen (secondary N) is 1. The van der Waals surface area contributed by atoms with Crippen LogP contribution in [-0.4, -0.2) is 6.29 Å². The first-order valence-electron chi connectivity index (χ1n) is 7.00. The number of anilines is 1. The van der Waals surface area contributed by atoms with E-state index in [9.17, 15) is 18.0 Å². The van der Waals surface area contributed by atoms with E-state index in [1.807, 2.05) is 12.1 Å². The second kappa shape index (κ2) is 5.48. The molecule has 0 saturated carbocycles. The molecule has 2 aromatic rings. The van der Waals surface area contributed by atoms with Gasteiger partial charge >= 0.3 is 6.18 Å². The molecular formula is C17H14F3NO. The number of hydrogen-bond donors (Lipinski definition) is 1. The minimum Gasteiger partial charge on any atom is -0.377 e. The summed E-state index contributed by atoms with van der Waals surface area (Å²) in [5.41, 5.74) is 2.57. The molecule has 114 valence electrons. The van der Waals surface area contributed by atoms with Gasteiger partial charge in [-0.3, -0.25) is 4.79 Å². The molecule has 0 saturated heterocycles. The SMILES string of the molecule is O=Cc1cccc2c1NC(c1ccc(C(F)(F)F)cc1)CC2. The molecule has 0 fully saturated rings. The average molecular weight is 305 g/mol. The Kier molecular flexibility index (Phi) is 3.64. The van der Waals surface area contributed by atoms with Crippen molar-refractivity contribution in [1.29, 1.82) is 0 Å². The lowest BCUT2D eigenvalue weighted by atomic mass is 9.91. The van der Waals surface area contributed by atoms with Crippen LogP contribution in [0.5, 0.6) is 0 Å². The number of rotatable bonds is 2. The third kappa shape index (κ3) is 2.71. The standard InChI is InChI=1S/C17H14F3NO/c18-17(19,20)14-7-4-11(5-8-14)15-9-6-12-2-1-3-13(10-22)16(12)21-15/h1-5,7-8,10,15,21H,6,9H2. The van der Waals surface area contributed by atoms with Crippen LogP contribution in [0.25, 0.3) is 0 Å². The molecule has 22 heavy (non-hydrogen) atoms. The van der Waals surface area contributed by atoms with Crippen molar-refractivity contribution in [2.75, 3.05) is 5.32 Å². The number of carbonyl (C=O) groups excluding carboxylic acids is 1. The number of hydrogen-bond acceptors (Lipinski definition) is 2. The molecule has 0 aromatic heterocycles. The summed E-state index contributed by atoms with van der Waals surface area (Å²) in [6.07, 6.45) is -1.97. The zero-order chi connectivity index (χ0) is 15.7. The third-order valence-corrected chi connectivity index (χ3v) is 3.97. The van der Waals surface area contributed by atoms with Crippen LogP contribution < -0.4 is 5.32 Å². The first kappa shape index (κ1) is 14.6. The van der Waals surface area contributed by atoms with Crippen LogP contribution in [0, 0.1) is 0 Å². The van der Waals surface area contributed by atoms with Crippen molar-refractivity contribution in [3.8, 4) is 0 Å². The van der Waals surface area contributed by atoms with E-state index in [0.717, 1.165) is 48.1 Å². The summed E-state index contributed by atoms with van der Waals surface area (Å²) in [5, 5.41) is 3.28. The van der Waals surface area contributed by atoms with Gasteiger partial charge < -0.3 is 5.32 Å². The fraction of sp³-hybridized carbons (Fsp3) is 0.235. The van der Waals surface area contributed by atoms with Crippen LogP contribution in [0.4, 0.5) is 18.9 Å². The van der Waals surface area contributed by atoms with Gasteiger partial charge in [-0.05, 0) is 42.2 Å². The quantitative estimate of drug-likeness (QED) is 0.820. The molecule has 0 spiro atoms. The summed E-state index contributed by atoms with van der Waals surface area (Å²) in [7, 11) is 0. The maximum Gasteiger partial charge on any atom is 0.416 e. The average Bonchev–Trinajstić information content (AvgIpc) is 2.53. The fourth-order valence-corrected chi connectivity index (χ4v) is 2.80. The summed E-state index contributed by atoms with van der Waals surface area (Å²) in [6, 6.07) is 10.6. The molecule has 0 amide bonds. The highest BCUT2D eigenvalue weighted by Crippen LogP contribution is 2.35. The van der Waals surface area contributed by atoms with Crippen molar-refractivity contribution in [1.82, 2.24) is 0 Å². The Labute approximate surface area is 126 Å². The lowest BCUT2D eigenvalue weighted by Crippen LogP contribution is -2.19. The Morgan fingerprint density at radius 2 is 1.82 bits per heavy atom. The molecular weight excluding hydrogens is 291 g/mol. The zero-order valence-electron chi connectivity index (χ0n) is 11.7. The van der Waals surface area contributed by atoms with E-state index in [4.69, 9.17) is 0 Å². The van der Waals surface area contributed by atoms with Crippen molar-refractivity contribution in [3.05, 3.63) is 64.7 Å². The molecule has 3 rings (SSSR count). The molecule has 5 heteroatoms. The van der Waals surface area contributed by atoms with Crippen molar-refractivity contribution in [2.24, 2.45) is 0 Å². The van der Waals surface area contributed by atoms with Crippen LogP contribution in [0.2, 0.25) is 0 Å². The topological polar surface area (TPSA) is 29.1 Å². The van der Waals surface area contributed by atoms with Crippen LogP contribution in [0.1, 0.15) is 39.5 Å². The first-order valence-corrected chi connectivity index (χ1v) is 7.00. The van der Waals surface area contributed by atoms with Crippen molar-refractivity contribution in [3.63, 3.8) is 0 Å². The predicted molar refractivity (Wildman–Crippen MR) is 78.0 cm³/mol.